The van der Waals surface area contributed by atoms with Gasteiger partial charge in [-0.05, 0) is 47.5 Å². The second-order valence-corrected chi connectivity index (χ2v) is 6.19. The average molecular weight is 380 g/mol. The van der Waals surface area contributed by atoms with Crippen LogP contribution in [0.2, 0.25) is 0 Å². The van der Waals surface area contributed by atoms with Gasteiger partial charge in [0.25, 0.3) is 5.91 Å². The predicted molar refractivity (Wildman–Crippen MR) is 104 cm³/mol. The lowest BCUT2D eigenvalue weighted by molar-refractivity contribution is 0.0725. The van der Waals surface area contributed by atoms with Crippen LogP contribution >= 0.6 is 0 Å². The second kappa shape index (κ2) is 8.99. The Morgan fingerprint density at radius 3 is 2.29 bits per heavy atom. The number of benzene rings is 2. The molecule has 0 aliphatic carbocycles. The van der Waals surface area contributed by atoms with Crippen molar-refractivity contribution in [3.05, 3.63) is 89.5 Å². The number of methoxy groups -OCH3 is 2. The van der Waals surface area contributed by atoms with Gasteiger partial charge in [0.2, 0.25) is 0 Å². The lowest BCUT2D eigenvalue weighted by Crippen LogP contribution is -2.30. The van der Waals surface area contributed by atoms with Crippen molar-refractivity contribution in [1.29, 1.82) is 0 Å². The SMILES string of the molecule is COc1ccc(CN(Cc2ccncc2)C(=O)c2ccccc2F)cc1OC. The van der Waals surface area contributed by atoms with Crippen LogP contribution in [-0.2, 0) is 13.1 Å². The van der Waals surface area contributed by atoms with Crippen LogP contribution in [0.4, 0.5) is 4.39 Å². The number of ether oxygens (including phenoxy) is 2. The van der Waals surface area contributed by atoms with E-state index in [1.165, 1.54) is 12.1 Å². The van der Waals surface area contributed by atoms with Gasteiger partial charge in [-0.3, -0.25) is 9.78 Å². The molecule has 1 aromatic heterocycles. The molecule has 0 spiro atoms. The molecule has 5 nitrogen and oxygen atoms in total. The first-order valence-electron chi connectivity index (χ1n) is 8.76. The number of carbonyl (C=O) groups is 1. The first-order chi connectivity index (χ1) is 13.6. The largest absolute Gasteiger partial charge is 0.493 e. The van der Waals surface area contributed by atoms with Crippen LogP contribution in [0, 0.1) is 5.82 Å². The van der Waals surface area contributed by atoms with Crippen molar-refractivity contribution in [2.45, 2.75) is 13.1 Å². The fourth-order valence-corrected chi connectivity index (χ4v) is 2.91. The molecule has 1 amide bonds. The molecule has 0 radical (unpaired) electrons. The zero-order valence-electron chi connectivity index (χ0n) is 15.8. The van der Waals surface area contributed by atoms with Gasteiger partial charge in [-0.2, -0.15) is 0 Å². The molecule has 0 atom stereocenters. The molecule has 0 aliphatic heterocycles. The van der Waals surface area contributed by atoms with Crippen molar-refractivity contribution in [2.24, 2.45) is 0 Å². The molecular weight excluding hydrogens is 359 g/mol. The molecule has 0 N–H and O–H groups in total. The maximum atomic E-state index is 14.2. The first kappa shape index (κ1) is 19.4. The topological polar surface area (TPSA) is 51.7 Å². The summed E-state index contributed by atoms with van der Waals surface area (Å²) in [5.74, 6) is 0.249. The molecular formula is C22H21FN2O3. The van der Waals surface area contributed by atoms with Crippen molar-refractivity contribution in [3.8, 4) is 11.5 Å². The average Bonchev–Trinajstić information content (AvgIpc) is 2.73. The molecule has 3 aromatic rings. The number of hydrogen-bond donors (Lipinski definition) is 0. The summed E-state index contributed by atoms with van der Waals surface area (Å²) < 4.78 is 24.8. The Hall–Kier alpha value is -3.41. The molecule has 0 bridgehead atoms. The smallest absolute Gasteiger partial charge is 0.257 e. The highest BCUT2D eigenvalue weighted by atomic mass is 19.1. The van der Waals surface area contributed by atoms with Gasteiger partial charge < -0.3 is 14.4 Å². The highest BCUT2D eigenvalue weighted by Gasteiger charge is 2.20. The van der Waals surface area contributed by atoms with Crippen LogP contribution in [0.25, 0.3) is 0 Å². The number of amides is 1. The normalized spacial score (nSPS) is 10.4. The summed E-state index contributed by atoms with van der Waals surface area (Å²) >= 11 is 0. The number of halogens is 1. The Kier molecular flexibility index (Phi) is 6.22. The molecule has 0 saturated heterocycles. The highest BCUT2D eigenvalue weighted by molar-refractivity contribution is 5.94. The Labute approximate surface area is 163 Å². The number of nitrogens with zero attached hydrogens (tertiary/aromatic N) is 2. The fourth-order valence-electron chi connectivity index (χ4n) is 2.91. The van der Waals surface area contributed by atoms with Gasteiger partial charge in [0.15, 0.2) is 11.5 Å². The standard InChI is InChI=1S/C22H21FN2O3/c1-27-20-8-7-17(13-21(20)28-2)15-25(14-16-9-11-24-12-10-16)22(26)18-5-3-4-6-19(18)23/h3-13H,14-15H2,1-2H3. The van der Waals surface area contributed by atoms with E-state index in [-0.39, 0.29) is 18.0 Å². The Morgan fingerprint density at radius 1 is 0.929 bits per heavy atom. The molecule has 0 unspecified atom stereocenters. The molecule has 3 rings (SSSR count). The van der Waals surface area contributed by atoms with E-state index < -0.39 is 5.82 Å². The predicted octanol–water partition coefficient (Wildman–Crippen LogP) is 4.08. The summed E-state index contributed by atoms with van der Waals surface area (Å²) in [6.45, 7) is 0.611. The number of carbonyl (C=O) groups excluding carboxylic acids is 1. The van der Waals surface area contributed by atoms with Crippen molar-refractivity contribution >= 4 is 5.91 Å². The van der Waals surface area contributed by atoms with Crippen LogP contribution in [0.3, 0.4) is 0 Å². The van der Waals surface area contributed by atoms with E-state index in [9.17, 15) is 9.18 Å². The van der Waals surface area contributed by atoms with Gasteiger partial charge in [0.1, 0.15) is 5.82 Å². The minimum atomic E-state index is -0.542. The van der Waals surface area contributed by atoms with Crippen LogP contribution in [0.15, 0.2) is 67.0 Å². The molecule has 0 aliphatic rings. The molecule has 6 heteroatoms. The Balaban J connectivity index is 1.92. The maximum absolute atomic E-state index is 14.2. The molecule has 0 fully saturated rings. The number of hydrogen-bond acceptors (Lipinski definition) is 4. The van der Waals surface area contributed by atoms with Crippen molar-refractivity contribution in [1.82, 2.24) is 9.88 Å². The summed E-state index contributed by atoms with van der Waals surface area (Å²) in [5, 5.41) is 0. The van der Waals surface area contributed by atoms with Gasteiger partial charge in [-0.15, -0.1) is 0 Å². The van der Waals surface area contributed by atoms with E-state index in [1.54, 1.807) is 49.7 Å². The van der Waals surface area contributed by atoms with Crippen LogP contribution in [-0.4, -0.2) is 30.0 Å². The van der Waals surface area contributed by atoms with Crippen LogP contribution in [0.5, 0.6) is 11.5 Å². The monoisotopic (exact) mass is 380 g/mol. The number of aromatic nitrogens is 1. The van der Waals surface area contributed by atoms with Gasteiger partial charge >= 0.3 is 0 Å². The van der Waals surface area contributed by atoms with Crippen LogP contribution in [0.1, 0.15) is 21.5 Å². The molecule has 1 heterocycles. The van der Waals surface area contributed by atoms with Gasteiger partial charge in [0.05, 0.1) is 19.8 Å². The third kappa shape index (κ3) is 4.46. The summed E-state index contributed by atoms with van der Waals surface area (Å²) in [6.07, 6.45) is 3.33. The molecule has 0 saturated carbocycles. The minimum Gasteiger partial charge on any atom is -0.493 e. The molecule has 28 heavy (non-hydrogen) atoms. The van der Waals surface area contributed by atoms with Crippen molar-refractivity contribution < 1.29 is 18.7 Å². The van der Waals surface area contributed by atoms with E-state index in [4.69, 9.17) is 9.47 Å². The van der Waals surface area contributed by atoms with E-state index in [0.717, 1.165) is 11.1 Å². The lowest BCUT2D eigenvalue weighted by atomic mass is 10.1. The first-order valence-corrected chi connectivity index (χ1v) is 8.76. The quantitative estimate of drug-likeness (QED) is 0.620. The fraction of sp³-hybridized carbons (Fsp3) is 0.182. The minimum absolute atomic E-state index is 0.0389. The zero-order valence-corrected chi connectivity index (χ0v) is 15.8. The summed E-state index contributed by atoms with van der Waals surface area (Å²) in [7, 11) is 3.12. The Morgan fingerprint density at radius 2 is 1.61 bits per heavy atom. The third-order valence-corrected chi connectivity index (χ3v) is 4.34. The molecule has 2 aromatic carbocycles. The second-order valence-electron chi connectivity index (χ2n) is 6.19. The Bertz CT molecular complexity index is 948. The van der Waals surface area contributed by atoms with Gasteiger partial charge in [-0.25, -0.2) is 4.39 Å². The van der Waals surface area contributed by atoms with E-state index >= 15 is 0 Å². The highest BCUT2D eigenvalue weighted by Crippen LogP contribution is 2.28. The van der Waals surface area contributed by atoms with E-state index in [0.29, 0.717) is 18.0 Å². The third-order valence-electron chi connectivity index (χ3n) is 4.34. The van der Waals surface area contributed by atoms with Gasteiger partial charge in [0, 0.05) is 25.5 Å². The maximum Gasteiger partial charge on any atom is 0.257 e. The van der Waals surface area contributed by atoms with Crippen LogP contribution < -0.4 is 9.47 Å². The van der Waals surface area contributed by atoms with Gasteiger partial charge in [-0.1, -0.05) is 18.2 Å². The summed E-state index contributed by atoms with van der Waals surface area (Å²) in [6, 6.07) is 15.1. The van der Waals surface area contributed by atoms with Crippen molar-refractivity contribution in [2.75, 3.05) is 14.2 Å². The van der Waals surface area contributed by atoms with E-state index in [1.807, 2.05) is 24.3 Å². The zero-order chi connectivity index (χ0) is 19.9. The summed E-state index contributed by atoms with van der Waals surface area (Å²) in [5.41, 5.74) is 1.79. The lowest BCUT2D eigenvalue weighted by Gasteiger charge is -2.24. The van der Waals surface area contributed by atoms with E-state index in [2.05, 4.69) is 4.98 Å². The summed E-state index contributed by atoms with van der Waals surface area (Å²) in [4.78, 5) is 18.7. The molecule has 144 valence electrons. The van der Waals surface area contributed by atoms with Crippen molar-refractivity contribution in [3.63, 3.8) is 0 Å². The number of pyridine rings is 1. The number of rotatable bonds is 7.